The smallest absolute Gasteiger partial charge is 0.338 e. The van der Waals surface area contributed by atoms with E-state index in [1.807, 2.05) is 6.07 Å². The van der Waals surface area contributed by atoms with Crippen LogP contribution in [-0.2, 0) is 9.47 Å². The Bertz CT molecular complexity index is 703. The van der Waals surface area contributed by atoms with Gasteiger partial charge in [-0.1, -0.05) is 30.3 Å². The number of ketones is 1. The highest BCUT2D eigenvalue weighted by molar-refractivity contribution is 5.99. The Balaban J connectivity index is 1.47. The third-order valence-corrected chi connectivity index (χ3v) is 3.98. The zero-order chi connectivity index (χ0) is 17.5. The predicted octanol–water partition coefficient (Wildman–Crippen LogP) is 3.28. The molecule has 0 N–H and O–H groups in total. The molecule has 1 unspecified atom stereocenters. The van der Waals surface area contributed by atoms with Gasteiger partial charge in [0.15, 0.2) is 12.4 Å². The number of Topliss-reactive ketones (excluding diaryl/α,β-unsaturated/α-hetero) is 1. The third-order valence-electron chi connectivity index (χ3n) is 3.98. The third kappa shape index (κ3) is 4.90. The second-order valence-electron chi connectivity index (χ2n) is 5.84. The largest absolute Gasteiger partial charge is 0.491 e. The van der Waals surface area contributed by atoms with Gasteiger partial charge in [0.1, 0.15) is 12.4 Å². The molecule has 0 bridgehead atoms. The summed E-state index contributed by atoms with van der Waals surface area (Å²) in [6.45, 7) is 1.02. The normalized spacial score (nSPS) is 16.4. The van der Waals surface area contributed by atoms with Crippen LogP contribution in [0, 0.1) is 0 Å². The number of benzene rings is 2. The Kier molecular flexibility index (Phi) is 5.80. The molecule has 130 valence electrons. The molecule has 1 atom stereocenters. The summed E-state index contributed by atoms with van der Waals surface area (Å²) in [6.07, 6.45) is 2.23. The van der Waals surface area contributed by atoms with Crippen molar-refractivity contribution in [2.45, 2.75) is 18.9 Å². The molecule has 0 radical (unpaired) electrons. The van der Waals surface area contributed by atoms with E-state index in [2.05, 4.69) is 0 Å². The number of rotatable bonds is 7. The molecular formula is C20H20O5. The Morgan fingerprint density at radius 3 is 2.44 bits per heavy atom. The number of carbonyl (C=O) groups excluding carboxylic acids is 2. The summed E-state index contributed by atoms with van der Waals surface area (Å²) < 4.78 is 16.2. The number of esters is 1. The fourth-order valence-electron chi connectivity index (χ4n) is 2.57. The summed E-state index contributed by atoms with van der Waals surface area (Å²) in [7, 11) is 0. The maximum atomic E-state index is 12.0. The van der Waals surface area contributed by atoms with Gasteiger partial charge >= 0.3 is 5.97 Å². The van der Waals surface area contributed by atoms with Gasteiger partial charge in [0.25, 0.3) is 0 Å². The van der Waals surface area contributed by atoms with Crippen LogP contribution in [0.25, 0.3) is 0 Å². The molecule has 25 heavy (non-hydrogen) atoms. The van der Waals surface area contributed by atoms with Gasteiger partial charge < -0.3 is 14.2 Å². The average Bonchev–Trinajstić information content (AvgIpc) is 3.19. The van der Waals surface area contributed by atoms with Crippen molar-refractivity contribution < 1.29 is 23.8 Å². The van der Waals surface area contributed by atoms with E-state index >= 15 is 0 Å². The summed E-state index contributed by atoms with van der Waals surface area (Å²) in [5.74, 6) is -0.0900. The van der Waals surface area contributed by atoms with Gasteiger partial charge in [-0.2, -0.15) is 0 Å². The van der Waals surface area contributed by atoms with E-state index in [-0.39, 0.29) is 18.5 Å². The van der Waals surface area contributed by atoms with E-state index < -0.39 is 5.97 Å². The van der Waals surface area contributed by atoms with Crippen LogP contribution in [0.3, 0.4) is 0 Å². The monoisotopic (exact) mass is 340 g/mol. The first-order valence-electron chi connectivity index (χ1n) is 8.32. The van der Waals surface area contributed by atoms with Crippen LogP contribution >= 0.6 is 0 Å². The van der Waals surface area contributed by atoms with Crippen molar-refractivity contribution in [2.75, 3.05) is 19.8 Å². The molecule has 1 fully saturated rings. The lowest BCUT2D eigenvalue weighted by Gasteiger charge is -2.11. The molecule has 5 heteroatoms. The van der Waals surface area contributed by atoms with Gasteiger partial charge in [0.2, 0.25) is 0 Å². The van der Waals surface area contributed by atoms with Crippen molar-refractivity contribution in [3.8, 4) is 5.75 Å². The topological polar surface area (TPSA) is 61.8 Å². The SMILES string of the molecule is O=C(COC(=O)c1ccc(OCC2CCCO2)cc1)c1ccccc1. The summed E-state index contributed by atoms with van der Waals surface area (Å²) in [5, 5.41) is 0. The molecule has 0 spiro atoms. The van der Waals surface area contributed by atoms with Gasteiger partial charge in [-0.25, -0.2) is 4.79 Å². The Morgan fingerprint density at radius 2 is 1.76 bits per heavy atom. The molecule has 1 aliphatic heterocycles. The Hall–Kier alpha value is -2.66. The van der Waals surface area contributed by atoms with E-state index in [9.17, 15) is 9.59 Å². The minimum atomic E-state index is -0.532. The molecular weight excluding hydrogens is 320 g/mol. The van der Waals surface area contributed by atoms with E-state index in [0.29, 0.717) is 23.5 Å². The number of ether oxygens (including phenoxy) is 3. The van der Waals surface area contributed by atoms with Gasteiger partial charge in [-0.15, -0.1) is 0 Å². The first kappa shape index (κ1) is 17.2. The van der Waals surface area contributed by atoms with Crippen LogP contribution in [-0.4, -0.2) is 37.7 Å². The van der Waals surface area contributed by atoms with E-state index in [4.69, 9.17) is 14.2 Å². The lowest BCUT2D eigenvalue weighted by molar-refractivity contribution is 0.0474. The Labute approximate surface area is 146 Å². The van der Waals surface area contributed by atoms with Crippen molar-refractivity contribution in [3.05, 3.63) is 65.7 Å². The molecule has 2 aromatic rings. The number of hydrogen-bond acceptors (Lipinski definition) is 5. The second kappa shape index (κ2) is 8.44. The fraction of sp³-hybridized carbons (Fsp3) is 0.300. The summed E-state index contributed by atoms with van der Waals surface area (Å²) in [6, 6.07) is 15.4. The minimum absolute atomic E-state index is 0.147. The van der Waals surface area contributed by atoms with E-state index in [1.54, 1.807) is 48.5 Å². The maximum Gasteiger partial charge on any atom is 0.338 e. The van der Waals surface area contributed by atoms with Crippen molar-refractivity contribution in [1.82, 2.24) is 0 Å². The maximum absolute atomic E-state index is 12.0. The first-order chi connectivity index (χ1) is 12.2. The fourth-order valence-corrected chi connectivity index (χ4v) is 2.57. The summed E-state index contributed by atoms with van der Waals surface area (Å²) in [5.41, 5.74) is 0.901. The molecule has 0 aromatic heterocycles. The van der Waals surface area contributed by atoms with Gasteiger partial charge in [0.05, 0.1) is 11.7 Å². The molecule has 5 nitrogen and oxygen atoms in total. The van der Waals surface area contributed by atoms with Crippen LogP contribution in [0.15, 0.2) is 54.6 Å². The lowest BCUT2D eigenvalue weighted by Crippen LogP contribution is -2.16. The average molecular weight is 340 g/mol. The van der Waals surface area contributed by atoms with Crippen LogP contribution in [0.5, 0.6) is 5.75 Å². The number of hydrogen-bond donors (Lipinski definition) is 0. The summed E-state index contributed by atoms with van der Waals surface area (Å²) in [4.78, 5) is 24.0. The lowest BCUT2D eigenvalue weighted by atomic mass is 10.1. The van der Waals surface area contributed by atoms with Crippen LogP contribution < -0.4 is 4.74 Å². The molecule has 1 aliphatic rings. The van der Waals surface area contributed by atoms with Crippen molar-refractivity contribution in [2.24, 2.45) is 0 Å². The highest BCUT2D eigenvalue weighted by Crippen LogP contribution is 2.17. The van der Waals surface area contributed by atoms with Gasteiger partial charge in [-0.05, 0) is 37.1 Å². The molecule has 0 aliphatic carbocycles. The molecule has 0 saturated carbocycles. The number of carbonyl (C=O) groups is 2. The predicted molar refractivity (Wildman–Crippen MR) is 92.0 cm³/mol. The quantitative estimate of drug-likeness (QED) is 0.572. The molecule has 1 saturated heterocycles. The van der Waals surface area contributed by atoms with Gasteiger partial charge in [-0.3, -0.25) is 4.79 Å². The molecule has 1 heterocycles. The Morgan fingerprint density at radius 1 is 1.00 bits per heavy atom. The first-order valence-corrected chi connectivity index (χ1v) is 8.32. The van der Waals surface area contributed by atoms with Crippen LogP contribution in [0.4, 0.5) is 0 Å². The standard InChI is InChI=1S/C20H20O5/c21-19(15-5-2-1-3-6-15)14-25-20(22)16-8-10-17(11-9-16)24-13-18-7-4-12-23-18/h1-3,5-6,8-11,18H,4,7,12-14H2. The molecule has 3 rings (SSSR count). The zero-order valence-corrected chi connectivity index (χ0v) is 13.9. The highest BCUT2D eigenvalue weighted by Gasteiger charge is 2.16. The van der Waals surface area contributed by atoms with Crippen molar-refractivity contribution in [1.29, 1.82) is 0 Å². The van der Waals surface area contributed by atoms with Crippen molar-refractivity contribution >= 4 is 11.8 Å². The van der Waals surface area contributed by atoms with Gasteiger partial charge in [0, 0.05) is 12.2 Å². The van der Waals surface area contributed by atoms with E-state index in [0.717, 1.165) is 19.4 Å². The minimum Gasteiger partial charge on any atom is -0.491 e. The van der Waals surface area contributed by atoms with E-state index in [1.165, 1.54) is 0 Å². The molecule has 2 aromatic carbocycles. The van der Waals surface area contributed by atoms with Crippen LogP contribution in [0.1, 0.15) is 33.6 Å². The summed E-state index contributed by atoms with van der Waals surface area (Å²) >= 11 is 0. The highest BCUT2D eigenvalue weighted by atomic mass is 16.5. The van der Waals surface area contributed by atoms with Crippen molar-refractivity contribution in [3.63, 3.8) is 0 Å². The second-order valence-corrected chi connectivity index (χ2v) is 5.84. The van der Waals surface area contributed by atoms with Crippen LogP contribution in [0.2, 0.25) is 0 Å². The molecule has 0 amide bonds. The zero-order valence-electron chi connectivity index (χ0n) is 13.9.